The molecule has 0 radical (unpaired) electrons. The molecule has 4 rings (SSSR count). The molecule has 0 bridgehead atoms. The number of rotatable bonds is 6. The van der Waals surface area contributed by atoms with Crippen molar-refractivity contribution in [1.82, 2.24) is 24.5 Å². The zero-order valence-electron chi connectivity index (χ0n) is 15.2. The van der Waals surface area contributed by atoms with Crippen LogP contribution in [0.4, 0.5) is 0 Å². The molecule has 142 valence electrons. The van der Waals surface area contributed by atoms with E-state index in [1.807, 2.05) is 48.5 Å². The van der Waals surface area contributed by atoms with Crippen molar-refractivity contribution in [2.45, 2.75) is 13.2 Å². The largest absolute Gasteiger partial charge is 0.497 e. The summed E-state index contributed by atoms with van der Waals surface area (Å²) in [5, 5.41) is 20.7. The fourth-order valence-corrected chi connectivity index (χ4v) is 3.04. The van der Waals surface area contributed by atoms with E-state index in [1.165, 1.54) is 9.25 Å². The summed E-state index contributed by atoms with van der Waals surface area (Å²) in [5.74, 6) is 1.00. The van der Waals surface area contributed by atoms with Gasteiger partial charge in [-0.1, -0.05) is 24.3 Å². The van der Waals surface area contributed by atoms with E-state index in [2.05, 4.69) is 15.3 Å². The predicted octanol–water partition coefficient (Wildman–Crippen LogP) is 1.97. The van der Waals surface area contributed by atoms with Crippen molar-refractivity contribution in [3.63, 3.8) is 0 Å². The third kappa shape index (κ3) is 3.33. The zero-order chi connectivity index (χ0) is 19.5. The first-order valence-corrected chi connectivity index (χ1v) is 8.71. The number of methoxy groups -OCH3 is 1. The minimum absolute atomic E-state index is 0.291. The molecule has 4 aromatic rings. The summed E-state index contributed by atoms with van der Waals surface area (Å²) in [7, 11) is 1.59. The fourth-order valence-electron chi connectivity index (χ4n) is 3.04. The monoisotopic (exact) mass is 377 g/mol. The third-order valence-corrected chi connectivity index (χ3v) is 4.50. The summed E-state index contributed by atoms with van der Waals surface area (Å²) in [6, 6.07) is 14.9. The number of aliphatic hydroxyl groups is 1. The molecular weight excluding hydrogens is 358 g/mol. The Bertz CT molecular complexity index is 1130. The molecular formula is C20H19N5O3. The van der Waals surface area contributed by atoms with E-state index in [1.54, 1.807) is 19.5 Å². The molecule has 2 aromatic heterocycles. The Morgan fingerprint density at radius 3 is 2.64 bits per heavy atom. The van der Waals surface area contributed by atoms with Crippen LogP contribution < -0.4 is 10.4 Å². The third-order valence-electron chi connectivity index (χ3n) is 4.50. The lowest BCUT2D eigenvalue weighted by Crippen LogP contribution is -2.25. The van der Waals surface area contributed by atoms with Gasteiger partial charge in [0.25, 0.3) is 0 Å². The second kappa shape index (κ2) is 7.53. The van der Waals surface area contributed by atoms with Gasteiger partial charge >= 0.3 is 5.69 Å². The van der Waals surface area contributed by atoms with Crippen LogP contribution in [0.25, 0.3) is 16.8 Å². The molecule has 0 amide bonds. The lowest BCUT2D eigenvalue weighted by atomic mass is 10.1. The maximum Gasteiger partial charge on any atom is 0.351 e. The quantitative estimate of drug-likeness (QED) is 0.535. The number of hydrogen-bond acceptors (Lipinski definition) is 5. The van der Waals surface area contributed by atoms with Crippen molar-refractivity contribution >= 4 is 0 Å². The number of hydrogen-bond donors (Lipinski definition) is 2. The van der Waals surface area contributed by atoms with Crippen molar-refractivity contribution in [3.8, 4) is 22.6 Å². The molecule has 0 saturated carbocycles. The minimum Gasteiger partial charge on any atom is -0.497 e. The fraction of sp³-hybridized carbons (Fsp3) is 0.150. The highest BCUT2D eigenvalue weighted by Gasteiger charge is 2.15. The number of H-pyrrole nitrogens is 1. The Morgan fingerprint density at radius 1 is 1.14 bits per heavy atom. The number of nitrogens with one attached hydrogen (secondary N) is 1. The summed E-state index contributed by atoms with van der Waals surface area (Å²) >= 11 is 0. The number of aromatic nitrogens is 5. The van der Waals surface area contributed by atoms with Crippen molar-refractivity contribution in [2.24, 2.45) is 0 Å². The molecule has 8 nitrogen and oxygen atoms in total. The van der Waals surface area contributed by atoms with Gasteiger partial charge in [-0.25, -0.2) is 4.79 Å². The van der Waals surface area contributed by atoms with Gasteiger partial charge in [-0.05, 0) is 35.4 Å². The molecule has 2 N–H and O–H groups in total. The van der Waals surface area contributed by atoms with E-state index in [4.69, 9.17) is 4.74 Å². The summed E-state index contributed by atoms with van der Waals surface area (Å²) in [5.41, 5.74) is 3.12. The Hall–Kier alpha value is -3.65. The van der Waals surface area contributed by atoms with Gasteiger partial charge in [-0.15, -0.1) is 5.10 Å². The van der Waals surface area contributed by atoms with Crippen molar-refractivity contribution < 1.29 is 9.84 Å². The molecule has 0 saturated heterocycles. The van der Waals surface area contributed by atoms with Crippen LogP contribution in [-0.4, -0.2) is 36.8 Å². The highest BCUT2D eigenvalue weighted by Crippen LogP contribution is 2.19. The molecule has 0 aliphatic heterocycles. The second-order valence-electron chi connectivity index (χ2n) is 6.24. The van der Waals surface area contributed by atoms with Crippen LogP contribution >= 0.6 is 0 Å². The van der Waals surface area contributed by atoms with Gasteiger partial charge < -0.3 is 9.84 Å². The Kier molecular flexibility index (Phi) is 4.77. The predicted molar refractivity (Wildman–Crippen MR) is 103 cm³/mol. The molecule has 0 aliphatic carbocycles. The van der Waals surface area contributed by atoms with Gasteiger partial charge in [0.05, 0.1) is 25.5 Å². The average molecular weight is 377 g/mol. The standard InChI is InChI=1S/C20H19N5O3/c1-28-18-4-2-3-14(9-18)12-24-19(13-26)23-25(20(24)27)17-7-5-15(6-8-17)16-10-21-22-11-16/h2-11,26H,12-13H2,1H3,(H,21,22). The van der Waals surface area contributed by atoms with E-state index in [0.717, 1.165) is 16.7 Å². The molecule has 2 heterocycles. The van der Waals surface area contributed by atoms with Gasteiger partial charge in [0, 0.05) is 11.8 Å². The molecule has 0 unspecified atom stereocenters. The average Bonchev–Trinajstić information content (AvgIpc) is 3.38. The SMILES string of the molecule is COc1cccc(Cn2c(CO)nn(-c3ccc(-c4cn[nH]c4)cc3)c2=O)c1. The van der Waals surface area contributed by atoms with Crippen molar-refractivity contribution in [3.05, 3.63) is 82.8 Å². The van der Waals surface area contributed by atoms with Crippen molar-refractivity contribution in [1.29, 1.82) is 0 Å². The van der Waals surface area contributed by atoms with Gasteiger partial charge in [-0.2, -0.15) is 9.78 Å². The molecule has 0 fully saturated rings. The zero-order valence-corrected chi connectivity index (χ0v) is 15.2. The van der Waals surface area contributed by atoms with Gasteiger partial charge in [0.15, 0.2) is 5.82 Å². The Morgan fingerprint density at radius 2 is 1.96 bits per heavy atom. The maximum atomic E-state index is 12.9. The van der Waals surface area contributed by atoms with Crippen LogP contribution in [0.3, 0.4) is 0 Å². The lowest BCUT2D eigenvalue weighted by Gasteiger charge is -2.06. The van der Waals surface area contributed by atoms with Crippen LogP contribution in [0.15, 0.2) is 65.7 Å². The molecule has 2 aromatic carbocycles. The number of nitrogens with zero attached hydrogens (tertiary/aromatic N) is 4. The van der Waals surface area contributed by atoms with E-state index < -0.39 is 0 Å². The van der Waals surface area contributed by atoms with Crippen LogP contribution in [0.1, 0.15) is 11.4 Å². The van der Waals surface area contributed by atoms with Crippen LogP contribution in [-0.2, 0) is 13.2 Å². The molecule has 0 spiro atoms. The minimum atomic E-state index is -0.334. The van der Waals surface area contributed by atoms with Gasteiger partial charge in [0.1, 0.15) is 12.4 Å². The first kappa shape index (κ1) is 17.7. The van der Waals surface area contributed by atoms with Crippen LogP contribution in [0.5, 0.6) is 5.75 Å². The van der Waals surface area contributed by atoms with Gasteiger partial charge in [0.2, 0.25) is 0 Å². The summed E-state index contributed by atoms with van der Waals surface area (Å²) in [4.78, 5) is 12.9. The van der Waals surface area contributed by atoms with E-state index in [-0.39, 0.29) is 12.3 Å². The van der Waals surface area contributed by atoms with Crippen molar-refractivity contribution in [2.75, 3.05) is 7.11 Å². The van der Waals surface area contributed by atoms with Crippen LogP contribution in [0.2, 0.25) is 0 Å². The van der Waals surface area contributed by atoms with E-state index >= 15 is 0 Å². The molecule has 0 atom stereocenters. The highest BCUT2D eigenvalue weighted by molar-refractivity contribution is 5.62. The summed E-state index contributed by atoms with van der Waals surface area (Å²) in [6.07, 6.45) is 3.53. The first-order valence-electron chi connectivity index (χ1n) is 8.71. The molecule has 0 aliphatic rings. The second-order valence-corrected chi connectivity index (χ2v) is 6.24. The van der Waals surface area contributed by atoms with Crippen LogP contribution in [0, 0.1) is 0 Å². The van der Waals surface area contributed by atoms with E-state index in [9.17, 15) is 9.90 Å². The molecule has 28 heavy (non-hydrogen) atoms. The number of aliphatic hydroxyl groups excluding tert-OH is 1. The highest BCUT2D eigenvalue weighted by atomic mass is 16.5. The summed E-state index contributed by atoms with van der Waals surface area (Å²) in [6.45, 7) is -0.0433. The maximum absolute atomic E-state index is 12.9. The topological polar surface area (TPSA) is 98.0 Å². The normalized spacial score (nSPS) is 10.9. The Labute approximate surface area is 160 Å². The first-order chi connectivity index (χ1) is 13.7. The number of benzene rings is 2. The Balaban J connectivity index is 1.68. The lowest BCUT2D eigenvalue weighted by molar-refractivity contribution is 0.265. The van der Waals surface area contributed by atoms with Gasteiger partial charge in [-0.3, -0.25) is 9.67 Å². The summed E-state index contributed by atoms with van der Waals surface area (Å²) < 4.78 is 7.99. The smallest absolute Gasteiger partial charge is 0.351 e. The number of ether oxygens (including phenoxy) is 1. The van der Waals surface area contributed by atoms with E-state index in [0.29, 0.717) is 23.8 Å². The molecule has 8 heteroatoms. The number of aromatic amines is 1.